The van der Waals surface area contributed by atoms with Gasteiger partial charge in [-0.25, -0.2) is 4.98 Å². The molecule has 27 heavy (non-hydrogen) atoms. The molecule has 1 heterocycles. The first kappa shape index (κ1) is 18.4. The van der Waals surface area contributed by atoms with Gasteiger partial charge in [0.1, 0.15) is 18.1 Å². The normalized spacial score (nSPS) is 10.4. The quantitative estimate of drug-likeness (QED) is 0.730. The largest absolute Gasteiger partial charge is 0.494 e. The summed E-state index contributed by atoms with van der Waals surface area (Å²) in [5, 5.41) is 2.78. The fourth-order valence-electron chi connectivity index (χ4n) is 2.72. The van der Waals surface area contributed by atoms with Crippen molar-refractivity contribution in [2.24, 2.45) is 0 Å². The summed E-state index contributed by atoms with van der Waals surface area (Å²) in [6, 6.07) is 18.0. The fourth-order valence-corrected chi connectivity index (χ4v) is 2.72. The molecule has 0 unspecified atom stereocenters. The summed E-state index contributed by atoms with van der Waals surface area (Å²) in [5.41, 5.74) is 1.84. The van der Waals surface area contributed by atoms with Gasteiger partial charge in [-0.05, 0) is 38.1 Å². The van der Waals surface area contributed by atoms with Crippen LogP contribution in [-0.2, 0) is 11.3 Å². The summed E-state index contributed by atoms with van der Waals surface area (Å²) in [6.45, 7) is 4.12. The molecule has 1 aromatic heterocycles. The number of hydrogen-bond acceptors (Lipinski definition) is 4. The van der Waals surface area contributed by atoms with Crippen molar-refractivity contribution in [1.82, 2.24) is 9.55 Å². The molecule has 6 nitrogen and oxygen atoms in total. The van der Waals surface area contributed by atoms with Gasteiger partial charge in [-0.2, -0.15) is 0 Å². The van der Waals surface area contributed by atoms with Crippen LogP contribution in [0.2, 0.25) is 0 Å². The highest BCUT2D eigenvalue weighted by Crippen LogP contribution is 2.16. The van der Waals surface area contributed by atoms with Crippen LogP contribution in [-0.4, -0.2) is 22.1 Å². The average molecular weight is 363 g/mol. The molecule has 0 saturated carbocycles. The molecule has 0 saturated heterocycles. The molecule has 138 valence electrons. The maximum Gasteiger partial charge on any atom is 0.254 e. The van der Waals surface area contributed by atoms with E-state index in [0.29, 0.717) is 23.8 Å². The van der Waals surface area contributed by atoms with Crippen molar-refractivity contribution in [3.8, 4) is 17.0 Å². The van der Waals surface area contributed by atoms with Crippen LogP contribution in [0.1, 0.15) is 12.7 Å². The highest BCUT2D eigenvalue weighted by atomic mass is 16.5. The van der Waals surface area contributed by atoms with Crippen LogP contribution in [0.25, 0.3) is 11.3 Å². The molecule has 6 heteroatoms. The number of nitrogens with one attached hydrogen (secondary N) is 1. The standard InChI is InChI=1S/C21H21N3O3/c1-3-27-18-11-9-17(10-12-18)23-20(25)14-24-15(2)22-19(13-21(24)26)16-7-5-4-6-8-16/h4-13H,3,14H2,1-2H3,(H,23,25). The van der Waals surface area contributed by atoms with Gasteiger partial charge in [0.05, 0.1) is 12.3 Å². The Labute approximate surface area is 157 Å². The maximum absolute atomic E-state index is 12.5. The molecule has 0 atom stereocenters. The lowest BCUT2D eigenvalue weighted by atomic mass is 10.1. The SMILES string of the molecule is CCOc1ccc(NC(=O)Cn2c(C)nc(-c3ccccc3)cc2=O)cc1. The Bertz CT molecular complexity index is 980. The number of amides is 1. The fraction of sp³-hybridized carbons (Fsp3) is 0.190. The van der Waals surface area contributed by atoms with Gasteiger partial charge in [0.15, 0.2) is 0 Å². The van der Waals surface area contributed by atoms with Gasteiger partial charge in [-0.3, -0.25) is 14.2 Å². The molecule has 3 aromatic rings. The number of rotatable bonds is 6. The topological polar surface area (TPSA) is 73.2 Å². The lowest BCUT2D eigenvalue weighted by Gasteiger charge is -2.11. The number of carbonyl (C=O) groups excluding carboxylic acids is 1. The number of hydrogen-bond donors (Lipinski definition) is 1. The number of carbonyl (C=O) groups is 1. The molecule has 0 bridgehead atoms. The number of anilines is 1. The maximum atomic E-state index is 12.5. The minimum atomic E-state index is -0.293. The van der Waals surface area contributed by atoms with Crippen LogP contribution < -0.4 is 15.6 Å². The van der Waals surface area contributed by atoms with Crippen LogP contribution in [0.5, 0.6) is 5.75 Å². The monoisotopic (exact) mass is 363 g/mol. The van der Waals surface area contributed by atoms with Gasteiger partial charge in [-0.1, -0.05) is 30.3 Å². The van der Waals surface area contributed by atoms with Crippen LogP contribution in [0.3, 0.4) is 0 Å². The zero-order valence-electron chi connectivity index (χ0n) is 15.3. The molecular weight excluding hydrogens is 342 g/mol. The molecule has 0 aliphatic heterocycles. The van der Waals surface area contributed by atoms with E-state index < -0.39 is 0 Å². The van der Waals surface area contributed by atoms with E-state index in [-0.39, 0.29) is 18.0 Å². The van der Waals surface area contributed by atoms with E-state index in [2.05, 4.69) is 10.3 Å². The van der Waals surface area contributed by atoms with Crippen LogP contribution in [0.15, 0.2) is 65.5 Å². The molecule has 0 radical (unpaired) electrons. The minimum Gasteiger partial charge on any atom is -0.494 e. The van der Waals surface area contributed by atoms with Gasteiger partial charge >= 0.3 is 0 Å². The first-order chi connectivity index (χ1) is 13.1. The second-order valence-corrected chi connectivity index (χ2v) is 5.98. The molecule has 0 aliphatic carbocycles. The van der Waals surface area contributed by atoms with E-state index in [1.165, 1.54) is 10.6 Å². The second-order valence-electron chi connectivity index (χ2n) is 5.98. The average Bonchev–Trinajstić information content (AvgIpc) is 2.67. The lowest BCUT2D eigenvalue weighted by molar-refractivity contribution is -0.116. The van der Waals surface area contributed by atoms with Gasteiger partial charge < -0.3 is 10.1 Å². The molecule has 0 fully saturated rings. The Morgan fingerprint density at radius 3 is 2.44 bits per heavy atom. The van der Waals surface area contributed by atoms with E-state index >= 15 is 0 Å². The lowest BCUT2D eigenvalue weighted by Crippen LogP contribution is -2.29. The zero-order chi connectivity index (χ0) is 19.2. The van der Waals surface area contributed by atoms with Crippen molar-refractivity contribution in [1.29, 1.82) is 0 Å². The van der Waals surface area contributed by atoms with Gasteiger partial charge in [-0.15, -0.1) is 0 Å². The van der Waals surface area contributed by atoms with Crippen molar-refractivity contribution in [3.63, 3.8) is 0 Å². The van der Waals surface area contributed by atoms with Crippen molar-refractivity contribution in [2.75, 3.05) is 11.9 Å². The smallest absolute Gasteiger partial charge is 0.254 e. The van der Waals surface area contributed by atoms with Gasteiger partial charge in [0.2, 0.25) is 5.91 Å². The zero-order valence-corrected chi connectivity index (χ0v) is 15.3. The Balaban J connectivity index is 1.73. The number of benzene rings is 2. The van der Waals surface area contributed by atoms with E-state index in [0.717, 1.165) is 11.3 Å². The Morgan fingerprint density at radius 1 is 1.11 bits per heavy atom. The van der Waals surface area contributed by atoms with Crippen molar-refractivity contribution in [2.45, 2.75) is 20.4 Å². The van der Waals surface area contributed by atoms with Crippen molar-refractivity contribution in [3.05, 3.63) is 76.8 Å². The van der Waals surface area contributed by atoms with Gasteiger partial charge in [0.25, 0.3) is 5.56 Å². The Hall–Kier alpha value is -3.41. The van der Waals surface area contributed by atoms with Crippen LogP contribution in [0, 0.1) is 6.92 Å². The summed E-state index contributed by atoms with van der Waals surface area (Å²) >= 11 is 0. The van der Waals surface area contributed by atoms with Crippen molar-refractivity contribution >= 4 is 11.6 Å². The molecule has 1 N–H and O–H groups in total. The first-order valence-corrected chi connectivity index (χ1v) is 8.73. The number of aryl methyl sites for hydroxylation is 1. The molecule has 2 aromatic carbocycles. The van der Waals surface area contributed by atoms with E-state index in [1.807, 2.05) is 37.3 Å². The Morgan fingerprint density at radius 2 is 1.81 bits per heavy atom. The third-order valence-electron chi connectivity index (χ3n) is 4.02. The third-order valence-corrected chi connectivity index (χ3v) is 4.02. The van der Waals surface area contributed by atoms with Crippen molar-refractivity contribution < 1.29 is 9.53 Å². The third kappa shape index (κ3) is 4.61. The molecule has 3 rings (SSSR count). The summed E-state index contributed by atoms with van der Waals surface area (Å²) < 4.78 is 6.73. The molecule has 1 amide bonds. The van der Waals surface area contributed by atoms with E-state index in [1.54, 1.807) is 31.2 Å². The highest BCUT2D eigenvalue weighted by Gasteiger charge is 2.11. The number of nitrogens with zero attached hydrogens (tertiary/aromatic N) is 2. The summed E-state index contributed by atoms with van der Waals surface area (Å²) in [4.78, 5) is 29.2. The highest BCUT2D eigenvalue weighted by molar-refractivity contribution is 5.90. The second kappa shape index (κ2) is 8.31. The Kier molecular flexibility index (Phi) is 5.66. The molecular formula is C21H21N3O3. The summed E-state index contributed by atoms with van der Waals surface area (Å²) in [6.07, 6.45) is 0. The summed E-state index contributed by atoms with van der Waals surface area (Å²) in [5.74, 6) is 0.935. The van der Waals surface area contributed by atoms with E-state index in [4.69, 9.17) is 4.74 Å². The van der Waals surface area contributed by atoms with E-state index in [9.17, 15) is 9.59 Å². The molecule has 0 spiro atoms. The first-order valence-electron chi connectivity index (χ1n) is 8.73. The minimum absolute atomic E-state index is 0.0973. The number of aromatic nitrogens is 2. The van der Waals surface area contributed by atoms with Crippen LogP contribution in [0.4, 0.5) is 5.69 Å². The number of ether oxygens (including phenoxy) is 1. The molecule has 0 aliphatic rings. The predicted octanol–water partition coefficient (Wildman–Crippen LogP) is 3.26. The van der Waals surface area contributed by atoms with Gasteiger partial charge in [0, 0.05) is 17.3 Å². The predicted molar refractivity (Wildman–Crippen MR) is 105 cm³/mol. The van der Waals surface area contributed by atoms with Crippen LogP contribution >= 0.6 is 0 Å². The summed E-state index contributed by atoms with van der Waals surface area (Å²) in [7, 11) is 0.